The lowest BCUT2D eigenvalue weighted by Crippen LogP contribution is -2.14. The van der Waals surface area contributed by atoms with Gasteiger partial charge in [-0.3, -0.25) is 19.2 Å². The molecule has 41 heavy (non-hydrogen) atoms. The Hall–Kier alpha value is -3.72. The van der Waals surface area contributed by atoms with Crippen molar-refractivity contribution in [1.82, 2.24) is 0 Å². The number of carbonyl (C=O) groups excluding carboxylic acids is 4. The molecule has 0 saturated carbocycles. The molecule has 0 aliphatic heterocycles. The lowest BCUT2D eigenvalue weighted by atomic mass is 9.96. The largest absolute Gasteiger partial charge is 0.426 e. The molecule has 0 amide bonds. The van der Waals surface area contributed by atoms with Crippen molar-refractivity contribution >= 4 is 34.6 Å². The van der Waals surface area contributed by atoms with Crippen LogP contribution in [0.15, 0.2) is 29.8 Å². The van der Waals surface area contributed by atoms with E-state index in [1.807, 2.05) is 19.9 Å². The van der Waals surface area contributed by atoms with Gasteiger partial charge in [-0.1, -0.05) is 50.7 Å². The molecule has 0 radical (unpaired) electrons. The lowest BCUT2D eigenvalue weighted by Gasteiger charge is -2.24. The fourth-order valence-corrected chi connectivity index (χ4v) is 4.40. The van der Waals surface area contributed by atoms with Crippen LogP contribution < -0.4 is 18.9 Å². The summed E-state index contributed by atoms with van der Waals surface area (Å²) in [6, 6.07) is 4.40. The highest BCUT2D eigenvalue weighted by molar-refractivity contribution is 6.06. The number of allylic oxidation sites excluding steroid dienone is 1. The normalized spacial score (nSPS) is 11.5. The van der Waals surface area contributed by atoms with E-state index in [2.05, 4.69) is 6.92 Å². The summed E-state index contributed by atoms with van der Waals surface area (Å²) in [6.07, 6.45) is 8.36. The first-order valence-corrected chi connectivity index (χ1v) is 14.1. The van der Waals surface area contributed by atoms with Gasteiger partial charge in [0.1, 0.15) is 23.0 Å². The van der Waals surface area contributed by atoms with Gasteiger partial charge in [-0.15, -0.1) is 0 Å². The number of benzene rings is 2. The molecule has 1 atom stereocenters. The molecular weight excluding hydrogens is 528 g/mol. The Kier molecular flexibility index (Phi) is 13.5. The van der Waals surface area contributed by atoms with Gasteiger partial charge in [-0.05, 0) is 44.9 Å². The van der Waals surface area contributed by atoms with Gasteiger partial charge in [-0.25, -0.2) is 0 Å². The predicted molar refractivity (Wildman–Crippen MR) is 155 cm³/mol. The first kappa shape index (κ1) is 33.5. The zero-order valence-corrected chi connectivity index (χ0v) is 25.2. The van der Waals surface area contributed by atoms with Gasteiger partial charge in [0.25, 0.3) is 0 Å². The first-order chi connectivity index (χ1) is 19.4. The molecule has 0 aromatic heterocycles. The molecule has 0 fully saturated rings. The number of hydrogen-bond donors (Lipinski definition) is 0. The van der Waals surface area contributed by atoms with E-state index in [9.17, 15) is 19.2 Å². The molecule has 9 nitrogen and oxygen atoms in total. The van der Waals surface area contributed by atoms with Crippen LogP contribution in [0.5, 0.6) is 23.0 Å². The number of unbranched alkanes of at least 4 members (excludes halogenated alkanes) is 5. The Morgan fingerprint density at radius 3 is 1.73 bits per heavy atom. The van der Waals surface area contributed by atoms with Crippen LogP contribution in [-0.2, 0) is 23.9 Å². The minimum Gasteiger partial charge on any atom is -0.426 e. The third-order valence-electron chi connectivity index (χ3n) is 6.06. The maximum absolute atomic E-state index is 12.4. The van der Waals surface area contributed by atoms with Crippen molar-refractivity contribution in [2.45, 2.75) is 99.5 Å². The molecule has 2 aromatic carbocycles. The maximum Gasteiger partial charge on any atom is 0.308 e. The summed E-state index contributed by atoms with van der Waals surface area (Å²) in [5, 5.41) is 0.263. The third-order valence-corrected chi connectivity index (χ3v) is 6.06. The number of hydrogen-bond acceptors (Lipinski definition) is 9. The summed E-state index contributed by atoms with van der Waals surface area (Å²) < 4.78 is 28.6. The molecule has 0 aliphatic carbocycles. The average Bonchev–Trinajstić information content (AvgIpc) is 2.86. The number of fused-ring (bicyclic) bond motifs is 1. The van der Waals surface area contributed by atoms with Gasteiger partial charge in [0.05, 0.1) is 16.9 Å². The van der Waals surface area contributed by atoms with E-state index in [-0.39, 0.29) is 33.8 Å². The summed E-state index contributed by atoms with van der Waals surface area (Å²) in [7, 11) is 0. The fourth-order valence-electron chi connectivity index (χ4n) is 4.40. The highest BCUT2D eigenvalue weighted by atomic mass is 16.6. The van der Waals surface area contributed by atoms with E-state index >= 15 is 0 Å². The molecule has 224 valence electrons. The monoisotopic (exact) mass is 570 g/mol. The van der Waals surface area contributed by atoms with Crippen molar-refractivity contribution in [3.8, 4) is 23.0 Å². The van der Waals surface area contributed by atoms with Crippen molar-refractivity contribution < 1.29 is 42.9 Å². The highest BCUT2D eigenvalue weighted by Gasteiger charge is 2.28. The van der Waals surface area contributed by atoms with Gasteiger partial charge < -0.3 is 23.7 Å². The molecule has 0 spiro atoms. The van der Waals surface area contributed by atoms with Crippen molar-refractivity contribution in [2.75, 3.05) is 6.61 Å². The molecule has 0 N–H and O–H groups in total. The Labute approximate surface area is 242 Å². The first-order valence-electron chi connectivity index (χ1n) is 14.1. The van der Waals surface area contributed by atoms with E-state index in [4.69, 9.17) is 23.7 Å². The summed E-state index contributed by atoms with van der Waals surface area (Å²) in [4.78, 5) is 48.6. The van der Waals surface area contributed by atoms with Gasteiger partial charge >= 0.3 is 23.9 Å². The van der Waals surface area contributed by atoms with E-state index < -0.39 is 30.0 Å². The lowest BCUT2D eigenvalue weighted by molar-refractivity contribution is -0.133. The van der Waals surface area contributed by atoms with Crippen molar-refractivity contribution in [1.29, 1.82) is 0 Å². The summed E-state index contributed by atoms with van der Waals surface area (Å²) >= 11 is 0. The van der Waals surface area contributed by atoms with Gasteiger partial charge in [0.15, 0.2) is 0 Å². The van der Waals surface area contributed by atoms with Gasteiger partial charge in [0.2, 0.25) is 0 Å². The Morgan fingerprint density at radius 2 is 1.20 bits per heavy atom. The molecular formula is C32H42O9. The fraction of sp³-hybridized carbons (Fsp3) is 0.500. The molecule has 0 aliphatic rings. The summed E-state index contributed by atoms with van der Waals surface area (Å²) in [6.45, 7) is 11.5. The van der Waals surface area contributed by atoms with E-state index in [1.165, 1.54) is 59.1 Å². The van der Waals surface area contributed by atoms with Crippen LogP contribution in [0.4, 0.5) is 0 Å². The van der Waals surface area contributed by atoms with Crippen LogP contribution >= 0.6 is 0 Å². The molecule has 0 bridgehead atoms. The minimum absolute atomic E-state index is 0.0341. The number of rotatable bonds is 15. The highest BCUT2D eigenvalue weighted by Crippen LogP contribution is 2.49. The van der Waals surface area contributed by atoms with Crippen LogP contribution in [0.3, 0.4) is 0 Å². The van der Waals surface area contributed by atoms with Crippen LogP contribution in [0, 0.1) is 0 Å². The van der Waals surface area contributed by atoms with E-state index in [0.29, 0.717) is 18.6 Å². The SMILES string of the molecule is CCCCCCCCOC(CC=C(C)C)c1cc(OC(C)=O)c2c(OC(C)=O)ccc(OC(C)=O)c2c1OC(C)=O. The molecule has 2 aromatic rings. The zero-order valence-electron chi connectivity index (χ0n) is 25.2. The van der Waals surface area contributed by atoms with Crippen molar-refractivity contribution in [3.63, 3.8) is 0 Å². The zero-order chi connectivity index (χ0) is 30.5. The Balaban J connectivity index is 2.83. The average molecular weight is 571 g/mol. The van der Waals surface area contributed by atoms with Crippen LogP contribution in [0.2, 0.25) is 0 Å². The van der Waals surface area contributed by atoms with Crippen LogP contribution in [0.1, 0.15) is 105 Å². The second-order valence-corrected chi connectivity index (χ2v) is 10.1. The topological polar surface area (TPSA) is 114 Å². The second kappa shape index (κ2) is 16.5. The maximum atomic E-state index is 12.4. The van der Waals surface area contributed by atoms with Gasteiger partial charge in [-0.2, -0.15) is 0 Å². The summed E-state index contributed by atoms with van der Waals surface area (Å²) in [5.74, 6) is -2.34. The third kappa shape index (κ3) is 10.6. The molecule has 1 unspecified atom stereocenters. The van der Waals surface area contributed by atoms with Crippen LogP contribution in [-0.4, -0.2) is 30.5 Å². The minimum atomic E-state index is -0.628. The number of ether oxygens (including phenoxy) is 5. The molecule has 0 saturated heterocycles. The van der Waals surface area contributed by atoms with E-state index in [0.717, 1.165) is 24.8 Å². The molecule has 0 heterocycles. The van der Waals surface area contributed by atoms with Crippen molar-refractivity contribution in [2.24, 2.45) is 0 Å². The quantitative estimate of drug-likeness (QED) is 0.0940. The number of carbonyl (C=O) groups is 4. The predicted octanol–water partition coefficient (Wildman–Crippen LogP) is 7.32. The van der Waals surface area contributed by atoms with Gasteiger partial charge in [0, 0.05) is 39.9 Å². The molecule has 2 rings (SSSR count). The smallest absolute Gasteiger partial charge is 0.308 e. The number of esters is 4. The van der Waals surface area contributed by atoms with E-state index in [1.54, 1.807) is 6.07 Å². The second-order valence-electron chi connectivity index (χ2n) is 10.1. The molecule has 9 heteroatoms. The Morgan fingerprint density at radius 1 is 0.683 bits per heavy atom. The standard InChI is InChI=1S/C32H42O9/c1-8-9-10-11-12-13-18-37-26(15-14-20(2)3)25-19-29(40-23(6)35)30-27(38-21(4)33)16-17-28(39-22(5)34)31(30)32(25)41-24(7)36/h14,16-17,19,26H,8-13,15,18H2,1-7H3. The summed E-state index contributed by atoms with van der Waals surface area (Å²) in [5.41, 5.74) is 1.48. The van der Waals surface area contributed by atoms with Crippen LogP contribution in [0.25, 0.3) is 10.8 Å². The van der Waals surface area contributed by atoms with Crippen molar-refractivity contribution in [3.05, 3.63) is 35.4 Å². The Bertz CT molecular complexity index is 1270.